The Morgan fingerprint density at radius 1 is 1.15 bits per heavy atom. The Hall–Kier alpha value is -2.04. The smallest absolute Gasteiger partial charge is 0.231 e. The molecule has 2 heterocycles. The second-order valence-electron chi connectivity index (χ2n) is 2.12. The van der Waals surface area contributed by atoms with Crippen LogP contribution in [-0.4, -0.2) is 25.2 Å². The summed E-state index contributed by atoms with van der Waals surface area (Å²) in [5, 5.41) is 16.9. The van der Waals surface area contributed by atoms with Gasteiger partial charge in [-0.25, -0.2) is 9.97 Å². The lowest BCUT2D eigenvalue weighted by Gasteiger charge is -1.80. The van der Waals surface area contributed by atoms with Gasteiger partial charge in [0.1, 0.15) is 6.33 Å². The molecule has 0 fully saturated rings. The summed E-state index contributed by atoms with van der Waals surface area (Å²) >= 11 is 0. The molecule has 0 saturated heterocycles. The van der Waals surface area contributed by atoms with Crippen LogP contribution < -0.4 is 0 Å². The fourth-order valence-corrected chi connectivity index (χ4v) is 0.606. The molecule has 0 atom stereocenters. The van der Waals surface area contributed by atoms with E-state index in [1.165, 1.54) is 18.6 Å². The number of nitrogens with zero attached hydrogens (tertiary/aromatic N) is 2. The zero-order chi connectivity index (χ0) is 9.52. The van der Waals surface area contributed by atoms with Crippen LogP contribution in [-0.2, 0) is 0 Å². The van der Waals surface area contributed by atoms with Gasteiger partial charge in [-0.05, 0) is 6.07 Å². The van der Waals surface area contributed by atoms with E-state index in [1.54, 1.807) is 18.5 Å². The van der Waals surface area contributed by atoms with Crippen molar-refractivity contribution in [2.24, 2.45) is 0 Å². The first kappa shape index (κ1) is 9.05. The van der Waals surface area contributed by atoms with Gasteiger partial charge in [-0.1, -0.05) is 0 Å². The Morgan fingerprint density at radius 3 is 2.00 bits per heavy atom. The zero-order valence-corrected chi connectivity index (χ0v) is 6.75. The van der Waals surface area contributed by atoms with Gasteiger partial charge in [0.05, 0.1) is 0 Å². The molecule has 0 aliphatic carbocycles. The molecule has 0 aromatic carbocycles. The average molecular weight is 179 g/mol. The van der Waals surface area contributed by atoms with Gasteiger partial charge in [0.25, 0.3) is 0 Å². The van der Waals surface area contributed by atoms with Crippen molar-refractivity contribution >= 4 is 0 Å². The van der Waals surface area contributed by atoms with Crippen LogP contribution in [0.3, 0.4) is 0 Å². The van der Waals surface area contributed by atoms with Crippen LogP contribution in [0.1, 0.15) is 0 Å². The Kier molecular flexibility index (Phi) is 3.31. The standard InChI is InChI=1S/C4H4N2.C4H5NO2/c1-2-5-4-6-3-1;6-3-1-2-5-4(3)7/h1-4H;1-2,5-7H. The maximum atomic E-state index is 8.48. The van der Waals surface area contributed by atoms with Crippen LogP contribution in [0.4, 0.5) is 0 Å². The van der Waals surface area contributed by atoms with Crippen molar-refractivity contribution in [3.63, 3.8) is 0 Å². The number of hydrogen-bond donors (Lipinski definition) is 3. The molecule has 0 aliphatic rings. The van der Waals surface area contributed by atoms with Gasteiger partial charge in [-0.2, -0.15) is 0 Å². The quantitative estimate of drug-likeness (QED) is 0.561. The predicted octanol–water partition coefficient (Wildman–Crippen LogP) is 0.902. The van der Waals surface area contributed by atoms with Gasteiger partial charge in [0.15, 0.2) is 5.75 Å². The minimum atomic E-state index is -0.181. The van der Waals surface area contributed by atoms with Gasteiger partial charge in [-0.3, -0.25) is 0 Å². The summed E-state index contributed by atoms with van der Waals surface area (Å²) in [7, 11) is 0. The van der Waals surface area contributed by atoms with Crippen LogP contribution >= 0.6 is 0 Å². The van der Waals surface area contributed by atoms with Crippen LogP contribution in [0.5, 0.6) is 11.6 Å². The Balaban J connectivity index is 0.000000132. The van der Waals surface area contributed by atoms with E-state index in [0.717, 1.165) is 0 Å². The summed E-state index contributed by atoms with van der Waals surface area (Å²) in [5.41, 5.74) is 0. The molecular formula is C8H9N3O2. The first-order valence-electron chi connectivity index (χ1n) is 3.56. The van der Waals surface area contributed by atoms with E-state index in [2.05, 4.69) is 15.0 Å². The van der Waals surface area contributed by atoms with Gasteiger partial charge < -0.3 is 15.2 Å². The molecule has 13 heavy (non-hydrogen) atoms. The molecule has 0 unspecified atom stereocenters. The van der Waals surface area contributed by atoms with Crippen molar-refractivity contribution in [1.82, 2.24) is 15.0 Å². The number of aromatic amines is 1. The first-order valence-corrected chi connectivity index (χ1v) is 3.56. The lowest BCUT2D eigenvalue weighted by Crippen LogP contribution is -1.66. The van der Waals surface area contributed by atoms with Crippen molar-refractivity contribution in [2.75, 3.05) is 0 Å². The van der Waals surface area contributed by atoms with E-state index in [9.17, 15) is 0 Å². The third-order valence-corrected chi connectivity index (χ3v) is 1.18. The Morgan fingerprint density at radius 2 is 1.85 bits per heavy atom. The third kappa shape index (κ3) is 3.24. The van der Waals surface area contributed by atoms with E-state index in [0.29, 0.717) is 0 Å². The van der Waals surface area contributed by atoms with E-state index in [1.807, 2.05) is 0 Å². The summed E-state index contributed by atoms with van der Waals surface area (Å²) in [6.45, 7) is 0. The van der Waals surface area contributed by atoms with E-state index in [-0.39, 0.29) is 11.6 Å². The summed E-state index contributed by atoms with van der Waals surface area (Å²) in [6.07, 6.45) is 6.32. The number of aromatic hydroxyl groups is 2. The number of H-pyrrole nitrogens is 1. The molecule has 2 aromatic heterocycles. The lowest BCUT2D eigenvalue weighted by molar-refractivity contribution is 0.395. The molecule has 2 rings (SSSR count). The lowest BCUT2D eigenvalue weighted by atomic mass is 10.6. The second-order valence-corrected chi connectivity index (χ2v) is 2.12. The fraction of sp³-hybridized carbons (Fsp3) is 0. The monoisotopic (exact) mass is 179 g/mol. The SMILES string of the molecule is Oc1cc[nH]c1O.c1cncnc1. The highest BCUT2D eigenvalue weighted by Crippen LogP contribution is 2.19. The molecule has 0 saturated carbocycles. The van der Waals surface area contributed by atoms with Gasteiger partial charge in [0, 0.05) is 24.7 Å². The molecule has 2 aromatic rings. The summed E-state index contributed by atoms with van der Waals surface area (Å²) in [4.78, 5) is 9.72. The van der Waals surface area contributed by atoms with E-state index >= 15 is 0 Å². The molecular weight excluding hydrogens is 170 g/mol. The molecule has 5 nitrogen and oxygen atoms in total. The van der Waals surface area contributed by atoms with Crippen LogP contribution in [0, 0.1) is 0 Å². The molecule has 0 bridgehead atoms. The maximum Gasteiger partial charge on any atom is 0.231 e. The number of rotatable bonds is 0. The molecule has 0 spiro atoms. The largest absolute Gasteiger partial charge is 0.503 e. The molecule has 0 aliphatic heterocycles. The van der Waals surface area contributed by atoms with Crippen LogP contribution in [0.2, 0.25) is 0 Å². The number of nitrogens with one attached hydrogen (secondary N) is 1. The highest BCUT2D eigenvalue weighted by molar-refractivity contribution is 5.29. The summed E-state index contributed by atoms with van der Waals surface area (Å²) in [5.74, 6) is -0.292. The third-order valence-electron chi connectivity index (χ3n) is 1.18. The highest BCUT2D eigenvalue weighted by atomic mass is 16.3. The van der Waals surface area contributed by atoms with Gasteiger partial charge >= 0.3 is 0 Å². The average Bonchev–Trinajstić information content (AvgIpc) is 2.55. The van der Waals surface area contributed by atoms with Crippen LogP contribution in [0.15, 0.2) is 37.1 Å². The van der Waals surface area contributed by atoms with Crippen molar-refractivity contribution in [3.8, 4) is 11.6 Å². The van der Waals surface area contributed by atoms with E-state index < -0.39 is 0 Å². The highest BCUT2D eigenvalue weighted by Gasteiger charge is 1.92. The summed E-state index contributed by atoms with van der Waals surface area (Å²) < 4.78 is 0. The van der Waals surface area contributed by atoms with E-state index in [4.69, 9.17) is 10.2 Å². The number of hydrogen-bond acceptors (Lipinski definition) is 4. The predicted molar refractivity (Wildman–Crippen MR) is 46.2 cm³/mol. The Labute approximate surface area is 74.7 Å². The molecule has 5 heteroatoms. The normalized spacial score (nSPS) is 8.62. The van der Waals surface area contributed by atoms with Crippen LogP contribution in [0.25, 0.3) is 0 Å². The van der Waals surface area contributed by atoms with Gasteiger partial charge in [-0.15, -0.1) is 0 Å². The molecule has 0 amide bonds. The zero-order valence-electron chi connectivity index (χ0n) is 6.75. The van der Waals surface area contributed by atoms with Crippen molar-refractivity contribution < 1.29 is 10.2 Å². The van der Waals surface area contributed by atoms with Crippen molar-refractivity contribution in [3.05, 3.63) is 37.1 Å². The second kappa shape index (κ2) is 4.76. The molecule has 0 radical (unpaired) electrons. The van der Waals surface area contributed by atoms with Gasteiger partial charge in [0.2, 0.25) is 5.88 Å². The topological polar surface area (TPSA) is 82.0 Å². The molecule has 68 valence electrons. The number of aromatic nitrogens is 3. The maximum absolute atomic E-state index is 8.48. The molecule has 3 N–H and O–H groups in total. The first-order chi connectivity index (χ1) is 6.30. The minimum absolute atomic E-state index is 0.111. The van der Waals surface area contributed by atoms with Crippen molar-refractivity contribution in [1.29, 1.82) is 0 Å². The minimum Gasteiger partial charge on any atom is -0.503 e. The Bertz CT molecular complexity index is 291. The summed E-state index contributed by atoms with van der Waals surface area (Å²) in [6, 6.07) is 3.15. The fourth-order valence-electron chi connectivity index (χ4n) is 0.606. The van der Waals surface area contributed by atoms with Crippen molar-refractivity contribution in [2.45, 2.75) is 0 Å².